The molecule has 7 nitrogen and oxygen atoms in total. The van der Waals surface area contributed by atoms with Crippen LogP contribution in [-0.2, 0) is 16.0 Å². The molecule has 3 atom stereocenters. The Balaban J connectivity index is 1.63. The summed E-state index contributed by atoms with van der Waals surface area (Å²) in [5, 5.41) is 23.3. The smallest absolute Gasteiger partial charge is 0.324 e. The van der Waals surface area contributed by atoms with Crippen molar-refractivity contribution in [1.29, 1.82) is 0 Å². The second-order valence-electron chi connectivity index (χ2n) is 10.1. The molecule has 0 saturated heterocycles. The summed E-state index contributed by atoms with van der Waals surface area (Å²) in [6, 6.07) is 21.0. The van der Waals surface area contributed by atoms with Crippen LogP contribution in [0.15, 0.2) is 72.8 Å². The van der Waals surface area contributed by atoms with Gasteiger partial charge in [0.1, 0.15) is 18.5 Å². The Morgan fingerprint density at radius 1 is 0.895 bits per heavy atom. The topological polar surface area (TPSA) is 92.0 Å². The number of rotatable bonds is 6. The van der Waals surface area contributed by atoms with Crippen LogP contribution in [0, 0.1) is 13.8 Å². The molecule has 0 amide bonds. The molecule has 38 heavy (non-hydrogen) atoms. The van der Waals surface area contributed by atoms with Crippen molar-refractivity contribution in [2.75, 3.05) is 0 Å². The summed E-state index contributed by atoms with van der Waals surface area (Å²) in [7, 11) is 0. The molecule has 4 aromatic rings. The van der Waals surface area contributed by atoms with Crippen molar-refractivity contribution in [3.63, 3.8) is 0 Å². The van der Waals surface area contributed by atoms with Gasteiger partial charge in [-0.1, -0.05) is 54.1 Å². The van der Waals surface area contributed by atoms with Crippen LogP contribution in [-0.4, -0.2) is 43.7 Å². The highest BCUT2D eigenvalue weighted by atomic mass is 16.5. The van der Waals surface area contributed by atoms with Gasteiger partial charge in [0.05, 0.1) is 11.6 Å². The highest BCUT2D eigenvalue weighted by Gasteiger charge is 2.44. The minimum absolute atomic E-state index is 0.133. The first-order chi connectivity index (χ1) is 18.2. The summed E-state index contributed by atoms with van der Waals surface area (Å²) in [6.45, 7) is 7.37. The Hall–Kier alpha value is -3.78. The van der Waals surface area contributed by atoms with Gasteiger partial charge in [-0.25, -0.2) is 4.90 Å². The van der Waals surface area contributed by atoms with Crippen molar-refractivity contribution in [3.8, 4) is 0 Å². The first-order valence-electron chi connectivity index (χ1n) is 12.8. The molecule has 1 aromatic heterocycles. The molecule has 196 valence electrons. The van der Waals surface area contributed by atoms with Crippen LogP contribution in [0.25, 0.3) is 10.9 Å². The Kier molecular flexibility index (Phi) is 6.92. The number of aryl methyl sites for hydroxylation is 1. The van der Waals surface area contributed by atoms with Gasteiger partial charge < -0.3 is 14.9 Å². The van der Waals surface area contributed by atoms with E-state index in [2.05, 4.69) is 0 Å². The molecule has 0 saturated carbocycles. The molecular formula is C31H32N2O5. The maximum Gasteiger partial charge on any atom is 0.324 e. The van der Waals surface area contributed by atoms with Crippen LogP contribution in [0.1, 0.15) is 64.6 Å². The van der Waals surface area contributed by atoms with E-state index < -0.39 is 24.5 Å². The lowest BCUT2D eigenvalue weighted by atomic mass is 10.00. The van der Waals surface area contributed by atoms with Crippen LogP contribution >= 0.6 is 0 Å². The fourth-order valence-corrected chi connectivity index (χ4v) is 5.42. The number of hydrogen-bond acceptors (Lipinski definition) is 6. The van der Waals surface area contributed by atoms with Gasteiger partial charge in [-0.3, -0.25) is 14.2 Å². The molecule has 1 aliphatic heterocycles. The highest BCUT2D eigenvalue weighted by molar-refractivity contribution is 6.04. The third-order valence-corrected chi connectivity index (χ3v) is 7.21. The zero-order valence-corrected chi connectivity index (χ0v) is 22.0. The maximum absolute atomic E-state index is 13.6. The third kappa shape index (κ3) is 4.43. The van der Waals surface area contributed by atoms with Crippen LogP contribution < -0.4 is 0 Å². The lowest BCUT2D eigenvalue weighted by Crippen LogP contribution is -2.45. The first-order valence-corrected chi connectivity index (χ1v) is 12.8. The molecule has 5 rings (SSSR count). The van der Waals surface area contributed by atoms with Gasteiger partial charge in [-0.05, 0) is 57.5 Å². The SMILES string of the molecule is Cc1ccc2c(c1)c(C[C@@H](C(=O)OC(C)C)N1[C@@H](O)c3ccccc3[C@@H]1O)c(C)n2C(=O)c1ccccc1. The third-order valence-electron chi connectivity index (χ3n) is 7.21. The van der Waals surface area contributed by atoms with E-state index in [1.807, 2.05) is 50.2 Å². The molecule has 0 aliphatic carbocycles. The molecule has 2 heterocycles. The lowest BCUT2D eigenvalue weighted by molar-refractivity contribution is -0.170. The quantitative estimate of drug-likeness (QED) is 0.361. The Morgan fingerprint density at radius 3 is 2.11 bits per heavy atom. The van der Waals surface area contributed by atoms with E-state index in [4.69, 9.17) is 4.74 Å². The van der Waals surface area contributed by atoms with E-state index >= 15 is 0 Å². The molecule has 1 aliphatic rings. The summed E-state index contributed by atoms with van der Waals surface area (Å²) in [4.78, 5) is 28.5. The number of carbonyl (C=O) groups is 2. The van der Waals surface area contributed by atoms with Crippen molar-refractivity contribution in [1.82, 2.24) is 9.47 Å². The van der Waals surface area contributed by atoms with Crippen molar-refractivity contribution in [3.05, 3.63) is 106 Å². The van der Waals surface area contributed by atoms with Crippen LogP contribution in [0.4, 0.5) is 0 Å². The van der Waals surface area contributed by atoms with Crippen molar-refractivity contribution < 1.29 is 24.5 Å². The molecule has 3 aromatic carbocycles. The van der Waals surface area contributed by atoms with E-state index in [-0.39, 0.29) is 18.4 Å². The van der Waals surface area contributed by atoms with Crippen molar-refractivity contribution >= 4 is 22.8 Å². The molecule has 2 N–H and O–H groups in total. The number of aliphatic hydroxyl groups excluding tert-OH is 2. The lowest BCUT2D eigenvalue weighted by Gasteiger charge is -2.32. The molecule has 0 spiro atoms. The standard InChI is InChI=1S/C31H32N2O5/c1-18(2)38-31(37)27(33-29(35)22-12-8-9-13-23(22)30(33)36)17-24-20(4)32(26-15-14-19(3)16-25(24)26)28(34)21-10-6-5-7-11-21/h5-16,18,27,29-30,35-36H,17H2,1-4H3/t27-,29-,30-/m0/s1. The average molecular weight is 513 g/mol. The Morgan fingerprint density at radius 2 is 1.50 bits per heavy atom. The second kappa shape index (κ2) is 10.2. The van der Waals surface area contributed by atoms with E-state index in [0.717, 1.165) is 22.0 Å². The Labute approximate surface area is 221 Å². The number of nitrogens with zero attached hydrogens (tertiary/aromatic N) is 2. The summed E-state index contributed by atoms with van der Waals surface area (Å²) in [6.07, 6.45) is -2.62. The van der Waals surface area contributed by atoms with Crippen molar-refractivity contribution in [2.24, 2.45) is 0 Å². The zero-order chi connectivity index (χ0) is 27.1. The van der Waals surface area contributed by atoms with Crippen LogP contribution in [0.5, 0.6) is 0 Å². The number of aromatic nitrogens is 1. The number of hydrogen-bond donors (Lipinski definition) is 2. The molecule has 0 unspecified atom stereocenters. The van der Waals surface area contributed by atoms with Gasteiger partial charge in [0, 0.05) is 34.2 Å². The number of esters is 1. The summed E-state index contributed by atoms with van der Waals surface area (Å²) >= 11 is 0. The van der Waals surface area contributed by atoms with Gasteiger partial charge in [0.15, 0.2) is 0 Å². The first kappa shape index (κ1) is 25.9. The van der Waals surface area contributed by atoms with E-state index in [1.165, 1.54) is 4.90 Å². The molecule has 7 heteroatoms. The van der Waals surface area contributed by atoms with Crippen molar-refractivity contribution in [2.45, 2.75) is 58.7 Å². The fraction of sp³-hybridized carbons (Fsp3) is 0.290. The van der Waals surface area contributed by atoms with Gasteiger partial charge in [-0.2, -0.15) is 0 Å². The minimum atomic E-state index is -1.19. The minimum Gasteiger partial charge on any atom is -0.462 e. The summed E-state index contributed by atoms with van der Waals surface area (Å²) in [5.74, 6) is -0.716. The Bertz CT molecular complexity index is 1480. The highest BCUT2D eigenvalue weighted by Crippen LogP contribution is 2.42. The van der Waals surface area contributed by atoms with Gasteiger partial charge in [-0.15, -0.1) is 0 Å². The number of benzene rings is 3. The molecular weight excluding hydrogens is 480 g/mol. The largest absolute Gasteiger partial charge is 0.462 e. The molecule has 0 bridgehead atoms. The number of aliphatic hydroxyl groups is 2. The van der Waals surface area contributed by atoms with Crippen LogP contribution in [0.3, 0.4) is 0 Å². The number of carbonyl (C=O) groups excluding carboxylic acids is 2. The van der Waals surface area contributed by atoms with Gasteiger partial charge in [0.25, 0.3) is 5.91 Å². The van der Waals surface area contributed by atoms with E-state index in [0.29, 0.717) is 22.4 Å². The normalized spacial score (nSPS) is 18.1. The van der Waals surface area contributed by atoms with E-state index in [9.17, 15) is 19.8 Å². The predicted octanol–water partition coefficient (Wildman–Crippen LogP) is 4.81. The predicted molar refractivity (Wildman–Crippen MR) is 145 cm³/mol. The summed E-state index contributed by atoms with van der Waals surface area (Å²) in [5.41, 5.74) is 4.89. The van der Waals surface area contributed by atoms with Gasteiger partial charge >= 0.3 is 5.97 Å². The van der Waals surface area contributed by atoms with Crippen LogP contribution in [0.2, 0.25) is 0 Å². The van der Waals surface area contributed by atoms with E-state index in [1.54, 1.807) is 54.8 Å². The fourth-order valence-electron chi connectivity index (χ4n) is 5.42. The number of fused-ring (bicyclic) bond motifs is 2. The van der Waals surface area contributed by atoms with Gasteiger partial charge in [0.2, 0.25) is 0 Å². The monoisotopic (exact) mass is 512 g/mol. The molecule has 0 radical (unpaired) electrons. The summed E-state index contributed by atoms with van der Waals surface area (Å²) < 4.78 is 7.29. The average Bonchev–Trinajstić information content (AvgIpc) is 3.31. The second-order valence-corrected chi connectivity index (χ2v) is 10.1. The molecule has 0 fully saturated rings. The number of ether oxygens (including phenoxy) is 1. The zero-order valence-electron chi connectivity index (χ0n) is 22.0. The maximum atomic E-state index is 13.6.